The highest BCUT2D eigenvalue weighted by atomic mass is 16.4. The summed E-state index contributed by atoms with van der Waals surface area (Å²) in [5, 5.41) is 13.8. The van der Waals surface area contributed by atoms with Gasteiger partial charge in [0.1, 0.15) is 0 Å². The normalized spacial score (nSPS) is 13.3. The highest BCUT2D eigenvalue weighted by Crippen LogP contribution is 1.96. The Balaban J connectivity index is 3.78. The first-order valence-electron chi connectivity index (χ1n) is 5.18. The monoisotopic (exact) mass is 226 g/mol. The minimum Gasteiger partial charge on any atom is -0.481 e. The van der Waals surface area contributed by atoms with Gasteiger partial charge in [-0.25, -0.2) is 4.79 Å². The zero-order valence-electron chi connectivity index (χ0n) is 9.62. The fourth-order valence-corrected chi connectivity index (χ4v) is 1.13. The highest BCUT2D eigenvalue weighted by molar-refractivity contribution is 5.74. The summed E-state index contributed by atoms with van der Waals surface area (Å²) >= 11 is 0. The Morgan fingerprint density at radius 3 is 2.38 bits per heavy atom. The van der Waals surface area contributed by atoms with Crippen LogP contribution in [0.2, 0.25) is 0 Å². The van der Waals surface area contributed by atoms with Crippen molar-refractivity contribution in [2.45, 2.75) is 45.2 Å². The Hall–Kier alpha value is -1.70. The first-order chi connectivity index (χ1) is 7.45. The van der Waals surface area contributed by atoms with Crippen LogP contribution in [0, 0.1) is 12.3 Å². The van der Waals surface area contributed by atoms with E-state index in [1.807, 2.05) is 0 Å². The van der Waals surface area contributed by atoms with Gasteiger partial charge in [-0.15, -0.1) is 12.3 Å². The lowest BCUT2D eigenvalue weighted by Gasteiger charge is -2.16. The molecule has 0 aromatic heterocycles. The van der Waals surface area contributed by atoms with Crippen molar-refractivity contribution in [1.82, 2.24) is 10.6 Å². The third-order valence-corrected chi connectivity index (χ3v) is 1.97. The van der Waals surface area contributed by atoms with Gasteiger partial charge in [-0.1, -0.05) is 0 Å². The number of hydrogen-bond acceptors (Lipinski definition) is 2. The number of nitrogens with one attached hydrogen (secondary N) is 2. The molecular formula is C11H18N2O3. The van der Waals surface area contributed by atoms with E-state index in [1.165, 1.54) is 0 Å². The molecule has 5 nitrogen and oxygen atoms in total. The molecule has 0 saturated carbocycles. The number of carboxylic acid groups (broad SMARTS) is 1. The van der Waals surface area contributed by atoms with Crippen LogP contribution in [0.15, 0.2) is 0 Å². The SMILES string of the molecule is C#CCC(C)NC(=O)NC(C)CCC(=O)O. The molecule has 0 fully saturated rings. The average molecular weight is 226 g/mol. The van der Waals surface area contributed by atoms with Gasteiger partial charge in [0.15, 0.2) is 0 Å². The third kappa shape index (κ3) is 7.68. The van der Waals surface area contributed by atoms with Crippen molar-refractivity contribution in [2.24, 2.45) is 0 Å². The van der Waals surface area contributed by atoms with Gasteiger partial charge in [0.25, 0.3) is 0 Å². The third-order valence-electron chi connectivity index (χ3n) is 1.97. The second-order valence-corrected chi connectivity index (χ2v) is 3.76. The van der Waals surface area contributed by atoms with Crippen LogP contribution in [0.5, 0.6) is 0 Å². The van der Waals surface area contributed by atoms with Crippen LogP contribution in [0.25, 0.3) is 0 Å². The number of urea groups is 1. The van der Waals surface area contributed by atoms with E-state index in [2.05, 4.69) is 16.6 Å². The number of hydrogen-bond donors (Lipinski definition) is 3. The van der Waals surface area contributed by atoms with Gasteiger partial charge >= 0.3 is 12.0 Å². The van der Waals surface area contributed by atoms with Crippen LogP contribution in [-0.4, -0.2) is 29.2 Å². The maximum atomic E-state index is 11.3. The summed E-state index contributed by atoms with van der Waals surface area (Å²) in [5.74, 6) is 1.58. The van der Waals surface area contributed by atoms with Gasteiger partial charge in [-0.3, -0.25) is 4.79 Å². The van der Waals surface area contributed by atoms with Crippen molar-refractivity contribution in [3.8, 4) is 12.3 Å². The molecule has 2 amide bonds. The quantitative estimate of drug-likeness (QED) is 0.590. The lowest BCUT2D eigenvalue weighted by molar-refractivity contribution is -0.137. The number of carbonyl (C=O) groups is 2. The Morgan fingerprint density at radius 2 is 1.88 bits per heavy atom. The first kappa shape index (κ1) is 14.3. The van der Waals surface area contributed by atoms with Gasteiger partial charge < -0.3 is 15.7 Å². The predicted octanol–water partition coefficient (Wildman–Crippen LogP) is 0.951. The molecule has 0 spiro atoms. The van der Waals surface area contributed by atoms with Crippen LogP contribution in [-0.2, 0) is 4.79 Å². The van der Waals surface area contributed by atoms with E-state index < -0.39 is 5.97 Å². The summed E-state index contributed by atoms with van der Waals surface area (Å²) < 4.78 is 0. The zero-order chi connectivity index (χ0) is 12.6. The van der Waals surface area contributed by atoms with Crippen LogP contribution in [0.3, 0.4) is 0 Å². The van der Waals surface area contributed by atoms with Gasteiger partial charge in [0.2, 0.25) is 0 Å². The fraction of sp³-hybridized carbons (Fsp3) is 0.636. The van der Waals surface area contributed by atoms with Crippen LogP contribution < -0.4 is 10.6 Å². The maximum absolute atomic E-state index is 11.3. The zero-order valence-corrected chi connectivity index (χ0v) is 9.62. The summed E-state index contributed by atoms with van der Waals surface area (Å²) in [4.78, 5) is 21.6. The number of carbonyl (C=O) groups excluding carboxylic acids is 1. The lowest BCUT2D eigenvalue weighted by atomic mass is 10.2. The Labute approximate surface area is 95.6 Å². The van der Waals surface area contributed by atoms with Crippen molar-refractivity contribution in [2.75, 3.05) is 0 Å². The van der Waals surface area contributed by atoms with E-state index in [4.69, 9.17) is 11.5 Å². The van der Waals surface area contributed by atoms with E-state index in [9.17, 15) is 9.59 Å². The van der Waals surface area contributed by atoms with E-state index >= 15 is 0 Å². The summed E-state index contributed by atoms with van der Waals surface area (Å²) in [5.41, 5.74) is 0. The summed E-state index contributed by atoms with van der Waals surface area (Å²) in [7, 11) is 0. The molecule has 5 heteroatoms. The fourth-order valence-electron chi connectivity index (χ4n) is 1.13. The number of amides is 2. The topological polar surface area (TPSA) is 78.4 Å². The van der Waals surface area contributed by atoms with E-state index in [-0.39, 0.29) is 24.5 Å². The molecule has 3 N–H and O–H groups in total. The molecule has 90 valence electrons. The molecule has 0 aliphatic carbocycles. The van der Waals surface area contributed by atoms with Crippen molar-refractivity contribution >= 4 is 12.0 Å². The van der Waals surface area contributed by atoms with Crippen LogP contribution in [0.4, 0.5) is 4.79 Å². The van der Waals surface area contributed by atoms with Crippen molar-refractivity contribution in [3.63, 3.8) is 0 Å². The molecule has 0 saturated heterocycles. The Bertz CT molecular complexity index is 283. The molecule has 0 aliphatic rings. The standard InChI is InChI=1S/C11H18N2O3/c1-4-5-8(2)12-11(16)13-9(3)6-7-10(14)15/h1,8-9H,5-7H2,2-3H3,(H,14,15)(H2,12,13,16). The second kappa shape index (κ2) is 7.57. The van der Waals surface area contributed by atoms with Gasteiger partial charge in [-0.2, -0.15) is 0 Å². The molecule has 0 aliphatic heterocycles. The molecule has 16 heavy (non-hydrogen) atoms. The molecule has 0 bridgehead atoms. The Morgan fingerprint density at radius 1 is 1.31 bits per heavy atom. The highest BCUT2D eigenvalue weighted by Gasteiger charge is 2.10. The average Bonchev–Trinajstić information content (AvgIpc) is 2.14. The maximum Gasteiger partial charge on any atom is 0.315 e. The molecule has 0 heterocycles. The summed E-state index contributed by atoms with van der Waals surface area (Å²) in [6, 6.07) is -0.577. The van der Waals surface area contributed by atoms with Crippen molar-refractivity contribution in [3.05, 3.63) is 0 Å². The predicted molar refractivity (Wildman–Crippen MR) is 60.9 cm³/mol. The van der Waals surface area contributed by atoms with E-state index in [0.717, 1.165) is 0 Å². The second-order valence-electron chi connectivity index (χ2n) is 3.76. The lowest BCUT2D eigenvalue weighted by Crippen LogP contribution is -2.44. The number of rotatable bonds is 6. The smallest absolute Gasteiger partial charge is 0.315 e. The molecule has 0 rings (SSSR count). The van der Waals surface area contributed by atoms with Crippen molar-refractivity contribution < 1.29 is 14.7 Å². The minimum absolute atomic E-state index is 0.0430. The molecular weight excluding hydrogens is 208 g/mol. The number of aliphatic carboxylic acids is 1. The Kier molecular flexibility index (Phi) is 6.77. The van der Waals surface area contributed by atoms with Gasteiger partial charge in [0.05, 0.1) is 0 Å². The molecule has 2 unspecified atom stereocenters. The van der Waals surface area contributed by atoms with E-state index in [1.54, 1.807) is 13.8 Å². The summed E-state index contributed by atoms with van der Waals surface area (Å²) in [6.45, 7) is 3.57. The minimum atomic E-state index is -0.866. The molecule has 2 atom stereocenters. The van der Waals surface area contributed by atoms with Gasteiger partial charge in [0, 0.05) is 24.9 Å². The van der Waals surface area contributed by atoms with E-state index in [0.29, 0.717) is 12.8 Å². The largest absolute Gasteiger partial charge is 0.481 e. The van der Waals surface area contributed by atoms with Gasteiger partial charge in [-0.05, 0) is 20.3 Å². The first-order valence-corrected chi connectivity index (χ1v) is 5.18. The number of carboxylic acids is 1. The van der Waals surface area contributed by atoms with Crippen LogP contribution in [0.1, 0.15) is 33.1 Å². The molecule has 0 aromatic carbocycles. The van der Waals surface area contributed by atoms with Crippen molar-refractivity contribution in [1.29, 1.82) is 0 Å². The molecule has 0 aromatic rings. The summed E-state index contributed by atoms with van der Waals surface area (Å²) in [6.07, 6.45) is 6.02. The van der Waals surface area contributed by atoms with Crippen LogP contribution >= 0.6 is 0 Å². The molecule has 0 radical (unpaired) electrons. The number of terminal acetylenes is 1.